The molecule has 88 valence electrons. The number of benzene rings is 1. The molecule has 0 aliphatic heterocycles. The lowest BCUT2D eigenvalue weighted by molar-refractivity contribution is 0.0696. The van der Waals surface area contributed by atoms with E-state index in [-0.39, 0.29) is 17.2 Å². The Balaban J connectivity index is 2.11. The van der Waals surface area contributed by atoms with Gasteiger partial charge in [0, 0.05) is 0 Å². The van der Waals surface area contributed by atoms with Crippen molar-refractivity contribution in [2.45, 2.75) is 6.61 Å². The summed E-state index contributed by atoms with van der Waals surface area (Å²) in [7, 11) is 0. The third-order valence-corrected chi connectivity index (χ3v) is 2.46. The van der Waals surface area contributed by atoms with Gasteiger partial charge in [0.1, 0.15) is 18.1 Å². The smallest absolute Gasteiger partial charge is 0.337 e. The number of carboxylic acid groups (broad SMARTS) is 1. The first kappa shape index (κ1) is 11.5. The third kappa shape index (κ3) is 2.79. The van der Waals surface area contributed by atoms with Crippen molar-refractivity contribution in [2.24, 2.45) is 0 Å². The first-order chi connectivity index (χ1) is 8.16. The molecule has 0 aliphatic carbocycles. The van der Waals surface area contributed by atoms with E-state index in [1.165, 1.54) is 12.1 Å². The summed E-state index contributed by atoms with van der Waals surface area (Å²) in [5, 5.41) is 9.07. The van der Waals surface area contributed by atoms with Crippen molar-refractivity contribution in [1.82, 2.24) is 0 Å². The maximum absolute atomic E-state index is 10.8. The molecule has 0 bridgehead atoms. The zero-order valence-electron chi connectivity index (χ0n) is 8.72. The summed E-state index contributed by atoms with van der Waals surface area (Å²) in [6, 6.07) is 8.01. The number of hydrogen-bond donors (Lipinski definition) is 1. The minimum absolute atomic E-state index is 0.0172. The van der Waals surface area contributed by atoms with Crippen LogP contribution in [0.3, 0.4) is 0 Å². The van der Waals surface area contributed by atoms with Gasteiger partial charge >= 0.3 is 5.97 Å². The second kappa shape index (κ2) is 4.93. The highest BCUT2D eigenvalue weighted by molar-refractivity contribution is 6.33. The van der Waals surface area contributed by atoms with Crippen LogP contribution in [0.5, 0.6) is 5.75 Å². The van der Waals surface area contributed by atoms with E-state index in [2.05, 4.69) is 0 Å². The van der Waals surface area contributed by atoms with E-state index in [4.69, 9.17) is 25.9 Å². The molecule has 1 heterocycles. The Morgan fingerprint density at radius 1 is 1.41 bits per heavy atom. The SMILES string of the molecule is O=C(O)c1cc(OCc2ccco2)ccc1Cl. The van der Waals surface area contributed by atoms with Crippen LogP contribution in [-0.2, 0) is 6.61 Å². The predicted octanol–water partition coefficient (Wildman–Crippen LogP) is 3.21. The monoisotopic (exact) mass is 252 g/mol. The van der Waals surface area contributed by atoms with E-state index in [0.29, 0.717) is 11.5 Å². The van der Waals surface area contributed by atoms with E-state index in [0.717, 1.165) is 0 Å². The Morgan fingerprint density at radius 3 is 2.88 bits per heavy atom. The second-order valence-electron chi connectivity index (χ2n) is 3.31. The van der Waals surface area contributed by atoms with Crippen molar-refractivity contribution in [1.29, 1.82) is 0 Å². The minimum Gasteiger partial charge on any atom is -0.486 e. The number of ether oxygens (including phenoxy) is 1. The average molecular weight is 253 g/mol. The van der Waals surface area contributed by atoms with Gasteiger partial charge in [-0.3, -0.25) is 0 Å². The molecule has 0 spiro atoms. The van der Waals surface area contributed by atoms with Gasteiger partial charge in [-0.15, -0.1) is 0 Å². The molecule has 2 rings (SSSR count). The third-order valence-electron chi connectivity index (χ3n) is 2.13. The summed E-state index contributed by atoms with van der Waals surface area (Å²) >= 11 is 5.74. The summed E-state index contributed by atoms with van der Waals surface area (Å²) in [6.45, 7) is 0.244. The summed E-state index contributed by atoms with van der Waals surface area (Å²) in [6.07, 6.45) is 1.54. The second-order valence-corrected chi connectivity index (χ2v) is 3.72. The van der Waals surface area contributed by atoms with Crippen molar-refractivity contribution in [3.8, 4) is 5.75 Å². The molecular formula is C12H9ClO4. The van der Waals surface area contributed by atoms with Gasteiger partial charge in [0.05, 0.1) is 16.8 Å². The van der Waals surface area contributed by atoms with Gasteiger partial charge in [0.2, 0.25) is 0 Å². The van der Waals surface area contributed by atoms with Crippen LogP contribution in [-0.4, -0.2) is 11.1 Å². The summed E-state index contributed by atoms with van der Waals surface area (Å²) in [5.41, 5.74) is 0.0172. The van der Waals surface area contributed by atoms with Gasteiger partial charge in [0.15, 0.2) is 0 Å². The molecule has 0 saturated carbocycles. The lowest BCUT2D eigenvalue weighted by Gasteiger charge is -2.06. The van der Waals surface area contributed by atoms with E-state index in [1.54, 1.807) is 24.5 Å². The van der Waals surface area contributed by atoms with Crippen molar-refractivity contribution in [2.75, 3.05) is 0 Å². The number of hydrogen-bond acceptors (Lipinski definition) is 3. The average Bonchev–Trinajstić information content (AvgIpc) is 2.80. The van der Waals surface area contributed by atoms with Crippen LogP contribution in [0.4, 0.5) is 0 Å². The van der Waals surface area contributed by atoms with Gasteiger partial charge in [-0.05, 0) is 30.3 Å². The molecule has 1 aromatic heterocycles. The molecular weight excluding hydrogens is 244 g/mol. The highest BCUT2D eigenvalue weighted by atomic mass is 35.5. The largest absolute Gasteiger partial charge is 0.486 e. The van der Waals surface area contributed by atoms with Gasteiger partial charge in [0.25, 0.3) is 0 Å². The minimum atomic E-state index is -1.08. The maximum atomic E-state index is 10.8. The van der Waals surface area contributed by atoms with Crippen LogP contribution >= 0.6 is 11.6 Å². The molecule has 0 unspecified atom stereocenters. The maximum Gasteiger partial charge on any atom is 0.337 e. The van der Waals surface area contributed by atoms with Gasteiger partial charge in [-0.1, -0.05) is 11.6 Å². The fraction of sp³-hybridized carbons (Fsp3) is 0.0833. The number of aromatic carboxylic acids is 1. The Bertz CT molecular complexity index is 519. The molecule has 2 aromatic rings. The van der Waals surface area contributed by atoms with Gasteiger partial charge in [-0.2, -0.15) is 0 Å². The summed E-state index contributed by atoms with van der Waals surface area (Å²) < 4.78 is 10.5. The van der Waals surface area contributed by atoms with Crippen LogP contribution < -0.4 is 4.74 Å². The van der Waals surface area contributed by atoms with Crippen LogP contribution in [0.1, 0.15) is 16.1 Å². The predicted molar refractivity (Wildman–Crippen MR) is 61.5 cm³/mol. The summed E-state index contributed by atoms with van der Waals surface area (Å²) in [5.74, 6) is 0.0125. The van der Waals surface area contributed by atoms with Crippen LogP contribution in [0.2, 0.25) is 5.02 Å². The zero-order valence-corrected chi connectivity index (χ0v) is 9.48. The molecule has 0 saturated heterocycles. The topological polar surface area (TPSA) is 59.7 Å². The zero-order chi connectivity index (χ0) is 12.3. The molecule has 1 aromatic carbocycles. The number of carboxylic acids is 1. The quantitative estimate of drug-likeness (QED) is 0.908. The molecule has 0 atom stereocenters. The number of rotatable bonds is 4. The van der Waals surface area contributed by atoms with Crippen LogP contribution in [0.25, 0.3) is 0 Å². The lowest BCUT2D eigenvalue weighted by Crippen LogP contribution is -1.99. The van der Waals surface area contributed by atoms with Crippen molar-refractivity contribution >= 4 is 17.6 Å². The Morgan fingerprint density at radius 2 is 2.24 bits per heavy atom. The normalized spacial score (nSPS) is 10.2. The Hall–Kier alpha value is -1.94. The van der Waals surface area contributed by atoms with E-state index < -0.39 is 5.97 Å². The number of furan rings is 1. The fourth-order valence-corrected chi connectivity index (χ4v) is 1.51. The van der Waals surface area contributed by atoms with E-state index in [9.17, 15) is 4.79 Å². The highest BCUT2D eigenvalue weighted by Gasteiger charge is 2.10. The number of carbonyl (C=O) groups is 1. The first-order valence-electron chi connectivity index (χ1n) is 4.85. The Labute approximate surface area is 102 Å². The summed E-state index contributed by atoms with van der Waals surface area (Å²) in [4.78, 5) is 10.8. The molecule has 5 heteroatoms. The van der Waals surface area contributed by atoms with Crippen molar-refractivity contribution in [3.05, 3.63) is 52.9 Å². The highest BCUT2D eigenvalue weighted by Crippen LogP contribution is 2.22. The molecule has 0 amide bonds. The van der Waals surface area contributed by atoms with Crippen molar-refractivity contribution < 1.29 is 19.1 Å². The molecule has 0 radical (unpaired) electrons. The number of halogens is 1. The van der Waals surface area contributed by atoms with Gasteiger partial charge in [-0.25, -0.2) is 4.79 Å². The van der Waals surface area contributed by atoms with Crippen LogP contribution in [0, 0.1) is 0 Å². The lowest BCUT2D eigenvalue weighted by atomic mass is 10.2. The molecule has 4 nitrogen and oxygen atoms in total. The van der Waals surface area contributed by atoms with Gasteiger partial charge < -0.3 is 14.3 Å². The fourth-order valence-electron chi connectivity index (χ4n) is 1.31. The Kier molecular flexibility index (Phi) is 3.35. The first-order valence-corrected chi connectivity index (χ1v) is 5.22. The molecule has 1 N–H and O–H groups in total. The standard InChI is InChI=1S/C12H9ClO4/c13-11-4-3-8(6-10(11)12(14)15)17-7-9-2-1-5-16-9/h1-6H,7H2,(H,14,15). The van der Waals surface area contributed by atoms with E-state index >= 15 is 0 Å². The van der Waals surface area contributed by atoms with Crippen molar-refractivity contribution in [3.63, 3.8) is 0 Å². The van der Waals surface area contributed by atoms with E-state index in [1.807, 2.05) is 0 Å². The molecule has 0 aliphatic rings. The molecule has 0 fully saturated rings. The van der Waals surface area contributed by atoms with Crippen LogP contribution in [0.15, 0.2) is 41.0 Å². The molecule has 17 heavy (non-hydrogen) atoms.